The molecule has 0 spiro atoms. The maximum Gasteiger partial charge on any atom is 0.133 e. The SMILES string of the molecule is CCOc1ccc(C(Br)c2ccccc2CC)cc1Br. The molecule has 0 heterocycles. The molecule has 3 heteroatoms. The fourth-order valence-electron chi connectivity index (χ4n) is 2.23. The van der Waals surface area contributed by atoms with E-state index in [1.807, 2.05) is 13.0 Å². The molecule has 0 bridgehead atoms. The number of ether oxygens (including phenoxy) is 1. The number of aryl methyl sites for hydroxylation is 1. The highest BCUT2D eigenvalue weighted by Gasteiger charge is 2.14. The highest BCUT2D eigenvalue weighted by Crippen LogP contribution is 2.36. The van der Waals surface area contributed by atoms with E-state index in [0.29, 0.717) is 6.61 Å². The number of hydrogen-bond acceptors (Lipinski definition) is 1. The van der Waals surface area contributed by atoms with Crippen molar-refractivity contribution in [3.63, 3.8) is 0 Å². The normalized spacial score (nSPS) is 12.2. The van der Waals surface area contributed by atoms with Gasteiger partial charge in [-0.1, -0.05) is 53.2 Å². The third-order valence-electron chi connectivity index (χ3n) is 3.26. The van der Waals surface area contributed by atoms with Crippen LogP contribution in [-0.4, -0.2) is 6.61 Å². The van der Waals surface area contributed by atoms with Gasteiger partial charge in [0.2, 0.25) is 0 Å². The predicted octanol–water partition coefficient (Wildman–Crippen LogP) is 5.89. The summed E-state index contributed by atoms with van der Waals surface area (Å²) in [6.07, 6.45) is 1.04. The van der Waals surface area contributed by atoms with Gasteiger partial charge in [0, 0.05) is 0 Å². The lowest BCUT2D eigenvalue weighted by molar-refractivity contribution is 0.338. The summed E-state index contributed by atoms with van der Waals surface area (Å²) in [6, 6.07) is 14.8. The van der Waals surface area contributed by atoms with Gasteiger partial charge in [0.05, 0.1) is 15.9 Å². The molecule has 0 saturated heterocycles. The third-order valence-corrected chi connectivity index (χ3v) is 4.90. The van der Waals surface area contributed by atoms with Gasteiger partial charge >= 0.3 is 0 Å². The lowest BCUT2D eigenvalue weighted by Gasteiger charge is -2.16. The van der Waals surface area contributed by atoms with Gasteiger partial charge in [-0.25, -0.2) is 0 Å². The molecule has 106 valence electrons. The van der Waals surface area contributed by atoms with Gasteiger partial charge in [0.1, 0.15) is 5.75 Å². The summed E-state index contributed by atoms with van der Waals surface area (Å²) in [5.41, 5.74) is 3.92. The second kappa shape index (κ2) is 7.28. The van der Waals surface area contributed by atoms with Crippen molar-refractivity contribution in [3.05, 3.63) is 63.6 Å². The molecule has 1 unspecified atom stereocenters. The van der Waals surface area contributed by atoms with Crippen LogP contribution in [0.4, 0.5) is 0 Å². The number of halogens is 2. The summed E-state index contributed by atoms with van der Waals surface area (Å²) in [5.74, 6) is 0.889. The highest BCUT2D eigenvalue weighted by atomic mass is 79.9. The van der Waals surface area contributed by atoms with Crippen LogP contribution < -0.4 is 4.74 Å². The molecule has 1 atom stereocenters. The molecule has 2 rings (SSSR count). The van der Waals surface area contributed by atoms with Gasteiger partial charge in [-0.3, -0.25) is 0 Å². The number of alkyl halides is 1. The molecule has 0 saturated carbocycles. The van der Waals surface area contributed by atoms with Crippen LogP contribution in [0.5, 0.6) is 5.75 Å². The van der Waals surface area contributed by atoms with E-state index >= 15 is 0 Å². The van der Waals surface area contributed by atoms with Crippen LogP contribution in [0.1, 0.15) is 35.4 Å². The van der Waals surface area contributed by atoms with Crippen LogP contribution in [0.25, 0.3) is 0 Å². The van der Waals surface area contributed by atoms with E-state index in [2.05, 4.69) is 75.2 Å². The van der Waals surface area contributed by atoms with Gasteiger partial charge in [-0.2, -0.15) is 0 Å². The minimum Gasteiger partial charge on any atom is -0.493 e. The highest BCUT2D eigenvalue weighted by molar-refractivity contribution is 9.10. The van der Waals surface area contributed by atoms with Crippen molar-refractivity contribution in [1.82, 2.24) is 0 Å². The maximum absolute atomic E-state index is 5.56. The fourth-order valence-corrected chi connectivity index (χ4v) is 3.47. The standard InChI is InChI=1S/C17H18Br2O/c1-3-12-7-5-6-8-14(12)17(19)13-9-10-16(20-4-2)15(18)11-13/h5-11,17H,3-4H2,1-2H3. The summed E-state index contributed by atoms with van der Waals surface area (Å²) in [4.78, 5) is 0.200. The van der Waals surface area contributed by atoms with Crippen LogP contribution in [-0.2, 0) is 6.42 Å². The fraction of sp³-hybridized carbons (Fsp3) is 0.294. The number of benzene rings is 2. The first-order chi connectivity index (χ1) is 9.67. The zero-order valence-corrected chi connectivity index (χ0v) is 14.9. The minimum absolute atomic E-state index is 0.200. The van der Waals surface area contributed by atoms with E-state index in [0.717, 1.165) is 16.6 Å². The van der Waals surface area contributed by atoms with Gasteiger partial charge < -0.3 is 4.74 Å². The molecular formula is C17H18Br2O. The lowest BCUT2D eigenvalue weighted by Crippen LogP contribution is -1.99. The molecule has 0 aliphatic heterocycles. The number of rotatable bonds is 5. The zero-order chi connectivity index (χ0) is 14.5. The summed E-state index contributed by atoms with van der Waals surface area (Å²) < 4.78 is 6.56. The third kappa shape index (κ3) is 3.44. The van der Waals surface area contributed by atoms with E-state index in [1.54, 1.807) is 0 Å². The second-order valence-corrected chi connectivity index (χ2v) is 6.31. The molecule has 2 aromatic rings. The molecule has 0 aliphatic rings. The van der Waals surface area contributed by atoms with Gasteiger partial charge in [-0.15, -0.1) is 0 Å². The molecule has 1 nitrogen and oxygen atoms in total. The minimum atomic E-state index is 0.200. The van der Waals surface area contributed by atoms with Gasteiger partial charge in [-0.05, 0) is 58.1 Å². The van der Waals surface area contributed by atoms with Crippen molar-refractivity contribution in [3.8, 4) is 5.75 Å². The van der Waals surface area contributed by atoms with Crippen LogP contribution in [0.3, 0.4) is 0 Å². The number of hydrogen-bond donors (Lipinski definition) is 0. The Morgan fingerprint density at radius 1 is 1.10 bits per heavy atom. The molecule has 20 heavy (non-hydrogen) atoms. The van der Waals surface area contributed by atoms with Crippen molar-refractivity contribution < 1.29 is 4.74 Å². The first-order valence-corrected chi connectivity index (χ1v) is 8.52. The molecular weight excluding hydrogens is 380 g/mol. The van der Waals surface area contributed by atoms with E-state index in [-0.39, 0.29) is 4.83 Å². The zero-order valence-electron chi connectivity index (χ0n) is 11.7. The summed E-state index contributed by atoms with van der Waals surface area (Å²) in [5, 5.41) is 0. The topological polar surface area (TPSA) is 9.23 Å². The van der Waals surface area contributed by atoms with Gasteiger partial charge in [0.25, 0.3) is 0 Å². The molecule has 0 fully saturated rings. The Labute approximate surface area is 137 Å². The van der Waals surface area contributed by atoms with Crippen molar-refractivity contribution >= 4 is 31.9 Å². The molecule has 0 amide bonds. The van der Waals surface area contributed by atoms with Crippen molar-refractivity contribution in [1.29, 1.82) is 0 Å². The van der Waals surface area contributed by atoms with Crippen LogP contribution in [0, 0.1) is 0 Å². The van der Waals surface area contributed by atoms with Crippen LogP contribution >= 0.6 is 31.9 Å². The maximum atomic E-state index is 5.56. The Bertz CT molecular complexity index is 581. The molecule has 0 aliphatic carbocycles. The van der Waals surface area contributed by atoms with E-state index in [9.17, 15) is 0 Å². The lowest BCUT2D eigenvalue weighted by atomic mass is 9.98. The molecule has 0 radical (unpaired) electrons. The smallest absolute Gasteiger partial charge is 0.133 e. The largest absolute Gasteiger partial charge is 0.493 e. The average molecular weight is 398 g/mol. The second-order valence-electron chi connectivity index (χ2n) is 4.54. The molecule has 2 aromatic carbocycles. The van der Waals surface area contributed by atoms with E-state index in [1.165, 1.54) is 16.7 Å². The van der Waals surface area contributed by atoms with E-state index < -0.39 is 0 Å². The van der Waals surface area contributed by atoms with E-state index in [4.69, 9.17) is 4.74 Å². The Morgan fingerprint density at radius 2 is 1.85 bits per heavy atom. The van der Waals surface area contributed by atoms with Crippen LogP contribution in [0.15, 0.2) is 46.9 Å². The summed E-state index contributed by atoms with van der Waals surface area (Å²) >= 11 is 7.40. The average Bonchev–Trinajstić information content (AvgIpc) is 2.48. The first kappa shape index (κ1) is 15.6. The first-order valence-electron chi connectivity index (χ1n) is 6.81. The van der Waals surface area contributed by atoms with Gasteiger partial charge in [0.15, 0.2) is 0 Å². The van der Waals surface area contributed by atoms with Crippen molar-refractivity contribution in [2.45, 2.75) is 25.1 Å². The summed E-state index contributed by atoms with van der Waals surface area (Å²) in [6.45, 7) is 4.85. The predicted molar refractivity (Wildman–Crippen MR) is 91.9 cm³/mol. The molecule has 0 aromatic heterocycles. The quantitative estimate of drug-likeness (QED) is 0.571. The Morgan fingerprint density at radius 3 is 2.50 bits per heavy atom. The summed E-state index contributed by atoms with van der Waals surface area (Å²) in [7, 11) is 0. The Hall–Kier alpha value is -0.800. The monoisotopic (exact) mass is 396 g/mol. The van der Waals surface area contributed by atoms with Crippen LogP contribution in [0.2, 0.25) is 0 Å². The Kier molecular flexibility index (Phi) is 5.67. The van der Waals surface area contributed by atoms with Crippen molar-refractivity contribution in [2.24, 2.45) is 0 Å². The Balaban J connectivity index is 2.33. The van der Waals surface area contributed by atoms with Crippen molar-refractivity contribution in [2.75, 3.05) is 6.61 Å². The molecule has 0 N–H and O–H groups in total.